The van der Waals surface area contributed by atoms with Gasteiger partial charge < -0.3 is 4.74 Å². The van der Waals surface area contributed by atoms with Crippen LogP contribution in [-0.2, 0) is 9.53 Å². The Morgan fingerprint density at radius 2 is 2.09 bits per heavy atom. The molecule has 0 aliphatic carbocycles. The summed E-state index contributed by atoms with van der Waals surface area (Å²) in [5.74, 6) is -0.133. The van der Waals surface area contributed by atoms with E-state index in [1.54, 1.807) is 6.92 Å². The van der Waals surface area contributed by atoms with E-state index in [-0.39, 0.29) is 5.97 Å². The molecule has 0 aliphatic rings. The molecule has 0 amide bonds. The number of hydrogen-bond donors (Lipinski definition) is 0. The van der Waals surface area contributed by atoms with E-state index in [4.69, 9.17) is 4.74 Å². The maximum absolute atomic E-state index is 10.6. The molecular formula is C9H16O2. The largest absolute Gasteiger partial charge is 0.461 e. The zero-order valence-corrected chi connectivity index (χ0v) is 7.30. The molecule has 0 radical (unpaired) electrons. The third kappa shape index (κ3) is 7.10. The molecule has 0 saturated carbocycles. The van der Waals surface area contributed by atoms with Crippen molar-refractivity contribution in [2.45, 2.75) is 33.1 Å². The second kappa shape index (κ2) is 7.32. The second-order valence-corrected chi connectivity index (χ2v) is 2.30. The van der Waals surface area contributed by atoms with Crippen LogP contribution in [0.4, 0.5) is 0 Å². The fourth-order valence-corrected chi connectivity index (χ4v) is 0.596. The van der Waals surface area contributed by atoms with Crippen LogP contribution >= 0.6 is 0 Å². The predicted molar refractivity (Wildman–Crippen MR) is 45.3 cm³/mol. The molecule has 0 atom stereocenters. The van der Waals surface area contributed by atoms with Crippen LogP contribution in [0, 0.1) is 0 Å². The lowest BCUT2D eigenvalue weighted by Gasteiger charge is -1.96. The molecule has 2 heteroatoms. The van der Waals surface area contributed by atoms with Gasteiger partial charge in [0.15, 0.2) is 0 Å². The Morgan fingerprint density at radius 1 is 1.36 bits per heavy atom. The van der Waals surface area contributed by atoms with E-state index in [2.05, 4.69) is 6.92 Å². The molecule has 0 spiro atoms. The van der Waals surface area contributed by atoms with Crippen molar-refractivity contribution in [3.63, 3.8) is 0 Å². The summed E-state index contributed by atoms with van der Waals surface area (Å²) in [6, 6.07) is 0. The SMILES string of the molecule is CCC/C=C/COC(=O)CC. The summed E-state index contributed by atoms with van der Waals surface area (Å²) < 4.78 is 4.81. The Kier molecular flexibility index (Phi) is 6.79. The number of ether oxygens (including phenoxy) is 1. The zero-order valence-electron chi connectivity index (χ0n) is 7.30. The summed E-state index contributed by atoms with van der Waals surface area (Å²) in [7, 11) is 0. The minimum Gasteiger partial charge on any atom is -0.461 e. The number of rotatable bonds is 5. The summed E-state index contributed by atoms with van der Waals surface area (Å²) >= 11 is 0. The molecule has 0 bridgehead atoms. The van der Waals surface area contributed by atoms with Crippen LogP contribution < -0.4 is 0 Å². The van der Waals surface area contributed by atoms with Crippen molar-refractivity contribution < 1.29 is 9.53 Å². The Morgan fingerprint density at radius 3 is 2.64 bits per heavy atom. The van der Waals surface area contributed by atoms with E-state index in [0.29, 0.717) is 13.0 Å². The molecule has 0 fully saturated rings. The molecule has 0 aromatic carbocycles. The van der Waals surface area contributed by atoms with Crippen LogP contribution in [0.1, 0.15) is 33.1 Å². The Hall–Kier alpha value is -0.790. The van der Waals surface area contributed by atoms with Crippen molar-refractivity contribution in [3.05, 3.63) is 12.2 Å². The maximum atomic E-state index is 10.6. The normalized spacial score (nSPS) is 10.4. The Bertz CT molecular complexity index is 128. The number of unbranched alkanes of at least 4 members (excludes halogenated alkanes) is 1. The highest BCUT2D eigenvalue weighted by Gasteiger charge is 1.92. The van der Waals surface area contributed by atoms with Gasteiger partial charge in [-0.05, 0) is 6.42 Å². The minimum absolute atomic E-state index is 0.133. The summed E-state index contributed by atoms with van der Waals surface area (Å²) in [6.07, 6.45) is 6.57. The molecule has 11 heavy (non-hydrogen) atoms. The minimum atomic E-state index is -0.133. The summed E-state index contributed by atoms with van der Waals surface area (Å²) in [6.45, 7) is 4.33. The summed E-state index contributed by atoms with van der Waals surface area (Å²) in [4.78, 5) is 10.6. The average molecular weight is 156 g/mol. The standard InChI is InChI=1S/C9H16O2/c1-3-5-6-7-8-11-9(10)4-2/h6-7H,3-5,8H2,1-2H3/b7-6+. The van der Waals surface area contributed by atoms with E-state index < -0.39 is 0 Å². The molecule has 2 nitrogen and oxygen atoms in total. The zero-order chi connectivity index (χ0) is 8.53. The number of esters is 1. The van der Waals surface area contributed by atoms with Crippen molar-refractivity contribution in [2.24, 2.45) is 0 Å². The molecule has 0 aromatic heterocycles. The van der Waals surface area contributed by atoms with Crippen LogP contribution in [0.2, 0.25) is 0 Å². The van der Waals surface area contributed by atoms with Gasteiger partial charge in [-0.1, -0.05) is 32.4 Å². The fourth-order valence-electron chi connectivity index (χ4n) is 0.596. The lowest BCUT2D eigenvalue weighted by Crippen LogP contribution is -2.01. The van der Waals surface area contributed by atoms with E-state index in [0.717, 1.165) is 12.8 Å². The Labute approximate surface area is 68.2 Å². The topological polar surface area (TPSA) is 26.3 Å². The van der Waals surface area contributed by atoms with E-state index >= 15 is 0 Å². The summed E-state index contributed by atoms with van der Waals surface area (Å²) in [5, 5.41) is 0. The van der Waals surface area contributed by atoms with Crippen molar-refractivity contribution in [3.8, 4) is 0 Å². The smallest absolute Gasteiger partial charge is 0.305 e. The molecule has 0 aromatic rings. The number of allylic oxidation sites excluding steroid dienone is 1. The van der Waals surface area contributed by atoms with Crippen LogP contribution in [0.25, 0.3) is 0 Å². The average Bonchev–Trinajstić information content (AvgIpc) is 2.04. The van der Waals surface area contributed by atoms with Gasteiger partial charge in [0.1, 0.15) is 6.61 Å². The maximum Gasteiger partial charge on any atom is 0.305 e. The third-order valence-electron chi connectivity index (χ3n) is 1.25. The van der Waals surface area contributed by atoms with E-state index in [9.17, 15) is 4.79 Å². The molecule has 0 heterocycles. The number of hydrogen-bond acceptors (Lipinski definition) is 2. The lowest BCUT2D eigenvalue weighted by atomic mass is 10.3. The number of carbonyl (C=O) groups excluding carboxylic acids is 1. The second-order valence-electron chi connectivity index (χ2n) is 2.30. The molecule has 0 unspecified atom stereocenters. The first kappa shape index (κ1) is 10.2. The summed E-state index contributed by atoms with van der Waals surface area (Å²) in [5.41, 5.74) is 0. The van der Waals surface area contributed by atoms with Crippen LogP contribution in [-0.4, -0.2) is 12.6 Å². The van der Waals surface area contributed by atoms with Gasteiger partial charge >= 0.3 is 5.97 Å². The van der Waals surface area contributed by atoms with Gasteiger partial charge in [0.25, 0.3) is 0 Å². The predicted octanol–water partition coefficient (Wildman–Crippen LogP) is 2.30. The molecule has 0 rings (SSSR count). The van der Waals surface area contributed by atoms with Crippen molar-refractivity contribution in [1.82, 2.24) is 0 Å². The number of carbonyl (C=O) groups is 1. The van der Waals surface area contributed by atoms with Crippen molar-refractivity contribution in [2.75, 3.05) is 6.61 Å². The van der Waals surface area contributed by atoms with Gasteiger partial charge in [-0.25, -0.2) is 0 Å². The highest BCUT2D eigenvalue weighted by Crippen LogP contribution is 1.89. The van der Waals surface area contributed by atoms with E-state index in [1.807, 2.05) is 12.2 Å². The first-order valence-electron chi connectivity index (χ1n) is 4.11. The van der Waals surface area contributed by atoms with Crippen molar-refractivity contribution in [1.29, 1.82) is 0 Å². The highest BCUT2D eigenvalue weighted by atomic mass is 16.5. The van der Waals surface area contributed by atoms with Crippen LogP contribution in [0.3, 0.4) is 0 Å². The van der Waals surface area contributed by atoms with Crippen LogP contribution in [0.15, 0.2) is 12.2 Å². The van der Waals surface area contributed by atoms with Gasteiger partial charge in [0, 0.05) is 6.42 Å². The molecule has 0 saturated heterocycles. The molecule has 0 N–H and O–H groups in total. The molecule has 0 aliphatic heterocycles. The molecular weight excluding hydrogens is 140 g/mol. The first-order chi connectivity index (χ1) is 5.31. The van der Waals surface area contributed by atoms with Gasteiger partial charge in [0.2, 0.25) is 0 Å². The monoisotopic (exact) mass is 156 g/mol. The van der Waals surface area contributed by atoms with Gasteiger partial charge in [-0.2, -0.15) is 0 Å². The van der Waals surface area contributed by atoms with Gasteiger partial charge in [0.05, 0.1) is 0 Å². The highest BCUT2D eigenvalue weighted by molar-refractivity contribution is 5.68. The third-order valence-corrected chi connectivity index (χ3v) is 1.25. The van der Waals surface area contributed by atoms with Crippen LogP contribution in [0.5, 0.6) is 0 Å². The van der Waals surface area contributed by atoms with Gasteiger partial charge in [-0.3, -0.25) is 4.79 Å². The van der Waals surface area contributed by atoms with E-state index in [1.165, 1.54) is 0 Å². The quantitative estimate of drug-likeness (QED) is 0.451. The first-order valence-corrected chi connectivity index (χ1v) is 4.11. The molecule has 64 valence electrons. The van der Waals surface area contributed by atoms with Crippen molar-refractivity contribution >= 4 is 5.97 Å². The lowest BCUT2D eigenvalue weighted by molar-refractivity contribution is -0.141. The van der Waals surface area contributed by atoms with Gasteiger partial charge in [-0.15, -0.1) is 0 Å². The Balaban J connectivity index is 3.19. The fraction of sp³-hybridized carbons (Fsp3) is 0.667.